The lowest BCUT2D eigenvalue weighted by molar-refractivity contribution is -0.138. The molecule has 0 aromatic carbocycles. The van der Waals surface area contributed by atoms with Gasteiger partial charge in [0.1, 0.15) is 0 Å². The van der Waals surface area contributed by atoms with Gasteiger partial charge >= 0.3 is 0 Å². The quantitative estimate of drug-likeness (QED) is 0.575. The van der Waals surface area contributed by atoms with Gasteiger partial charge in [-0.1, -0.05) is 28.0 Å². The smallest absolute Gasteiger partial charge is 0.222 e. The second kappa shape index (κ2) is 7.65. The lowest BCUT2D eigenvalue weighted by Crippen LogP contribution is -2.44. The number of unbranched alkanes of at least 4 members (excludes halogenated alkanes) is 1. The second-order valence-electron chi connectivity index (χ2n) is 5.10. The predicted molar refractivity (Wildman–Crippen MR) is 78.9 cm³/mol. The zero-order chi connectivity index (χ0) is 12.8. The molecule has 0 aromatic heterocycles. The van der Waals surface area contributed by atoms with E-state index in [1.54, 1.807) is 0 Å². The van der Waals surface area contributed by atoms with Crippen molar-refractivity contribution < 1.29 is 9.53 Å². The third-order valence-electron chi connectivity index (χ3n) is 3.49. The summed E-state index contributed by atoms with van der Waals surface area (Å²) in [6.45, 7) is 4.28. The first-order valence-electron chi connectivity index (χ1n) is 6.93. The first kappa shape index (κ1) is 14.5. The first-order valence-corrected chi connectivity index (χ1v) is 9.31. The predicted octanol–water partition coefficient (Wildman–Crippen LogP) is 2.95. The Kier molecular flexibility index (Phi) is 6.18. The van der Waals surface area contributed by atoms with Crippen molar-refractivity contribution in [1.29, 1.82) is 0 Å². The van der Waals surface area contributed by atoms with Crippen LogP contribution in [0, 0.1) is 0 Å². The molecule has 2 aliphatic rings. The fourth-order valence-corrected chi connectivity index (χ4v) is 5.44. The van der Waals surface area contributed by atoms with Crippen molar-refractivity contribution >= 4 is 27.5 Å². The second-order valence-corrected chi connectivity index (χ2v) is 7.88. The topological polar surface area (TPSA) is 29.5 Å². The summed E-state index contributed by atoms with van der Waals surface area (Å²) in [5.41, 5.74) is 0. The maximum Gasteiger partial charge on any atom is 0.222 e. The number of morpholine rings is 1. The molecule has 104 valence electrons. The molecule has 0 N–H and O–H groups in total. The molecule has 0 radical (unpaired) electrons. The zero-order valence-electron chi connectivity index (χ0n) is 11.1. The number of hydrogen-bond acceptors (Lipinski definition) is 4. The van der Waals surface area contributed by atoms with E-state index in [0.717, 1.165) is 31.2 Å². The van der Waals surface area contributed by atoms with E-state index in [2.05, 4.69) is 0 Å². The fourth-order valence-electron chi connectivity index (χ4n) is 2.42. The van der Waals surface area contributed by atoms with Crippen molar-refractivity contribution in [1.82, 2.24) is 4.90 Å². The summed E-state index contributed by atoms with van der Waals surface area (Å²) in [5, 5.41) is 0.841. The molecule has 2 aliphatic heterocycles. The lowest BCUT2D eigenvalue weighted by Gasteiger charge is -2.31. The number of nitrogens with zero attached hydrogens (tertiary/aromatic N) is 1. The molecule has 0 aromatic rings. The van der Waals surface area contributed by atoms with Crippen molar-refractivity contribution in [2.24, 2.45) is 0 Å². The largest absolute Gasteiger partial charge is 0.375 e. The molecule has 0 bridgehead atoms. The van der Waals surface area contributed by atoms with Gasteiger partial charge in [-0.15, -0.1) is 0 Å². The van der Waals surface area contributed by atoms with Crippen LogP contribution in [0.5, 0.6) is 0 Å². The average molecular weight is 289 g/mol. The maximum atomic E-state index is 12.0. The Morgan fingerprint density at radius 1 is 1.44 bits per heavy atom. The minimum Gasteiger partial charge on any atom is -0.375 e. The summed E-state index contributed by atoms with van der Waals surface area (Å²) in [5.74, 6) is 1.62. The summed E-state index contributed by atoms with van der Waals surface area (Å²) in [7, 11) is 4.03. The van der Waals surface area contributed by atoms with Crippen molar-refractivity contribution in [3.8, 4) is 0 Å². The van der Waals surface area contributed by atoms with Gasteiger partial charge in [0.25, 0.3) is 0 Å². The van der Waals surface area contributed by atoms with Crippen LogP contribution in [0.25, 0.3) is 0 Å². The van der Waals surface area contributed by atoms with Crippen LogP contribution in [0.1, 0.15) is 39.0 Å². The van der Waals surface area contributed by atoms with Gasteiger partial charge in [0, 0.05) is 30.5 Å². The Hall–Kier alpha value is 0.130. The van der Waals surface area contributed by atoms with Crippen molar-refractivity contribution in [2.45, 2.75) is 50.4 Å². The third-order valence-corrected chi connectivity index (χ3v) is 6.49. The molecule has 0 spiro atoms. The lowest BCUT2D eigenvalue weighted by atomic mass is 10.1. The molecule has 1 amide bonds. The Balaban J connectivity index is 1.56. The van der Waals surface area contributed by atoms with Gasteiger partial charge in [0.15, 0.2) is 0 Å². The highest BCUT2D eigenvalue weighted by atomic mass is 33.1. The highest BCUT2D eigenvalue weighted by molar-refractivity contribution is 8.77. The van der Waals surface area contributed by atoms with Crippen LogP contribution >= 0.6 is 21.6 Å². The van der Waals surface area contributed by atoms with E-state index in [4.69, 9.17) is 4.74 Å². The molecular weight excluding hydrogens is 266 g/mol. The molecule has 0 aliphatic carbocycles. The van der Waals surface area contributed by atoms with Crippen LogP contribution < -0.4 is 0 Å². The Labute approximate surface area is 118 Å². The van der Waals surface area contributed by atoms with Gasteiger partial charge in [-0.3, -0.25) is 4.79 Å². The number of rotatable bonds is 5. The van der Waals surface area contributed by atoms with Crippen LogP contribution in [0.2, 0.25) is 0 Å². The van der Waals surface area contributed by atoms with Gasteiger partial charge in [-0.2, -0.15) is 0 Å². The summed E-state index contributed by atoms with van der Waals surface area (Å²) < 4.78 is 5.45. The van der Waals surface area contributed by atoms with E-state index in [-0.39, 0.29) is 6.10 Å². The third kappa shape index (κ3) is 4.67. The van der Waals surface area contributed by atoms with Crippen LogP contribution in [0.15, 0.2) is 0 Å². The van der Waals surface area contributed by atoms with E-state index < -0.39 is 0 Å². The number of carbonyl (C=O) groups excluding carboxylic acids is 1. The first-order chi connectivity index (χ1) is 8.75. The van der Waals surface area contributed by atoms with Crippen molar-refractivity contribution in [3.63, 3.8) is 0 Å². The summed E-state index contributed by atoms with van der Waals surface area (Å²) in [6, 6.07) is 0. The number of carbonyl (C=O) groups is 1. The highest BCUT2D eigenvalue weighted by Crippen LogP contribution is 2.39. The summed E-state index contributed by atoms with van der Waals surface area (Å²) >= 11 is 0. The van der Waals surface area contributed by atoms with Crippen LogP contribution in [-0.2, 0) is 9.53 Å². The van der Waals surface area contributed by atoms with E-state index in [0.29, 0.717) is 12.5 Å². The zero-order valence-corrected chi connectivity index (χ0v) is 12.7. The highest BCUT2D eigenvalue weighted by Gasteiger charge is 2.21. The molecular formula is C13H23NO2S2. The molecule has 2 saturated heterocycles. The molecule has 2 rings (SSSR count). The molecule has 0 saturated carbocycles. The molecule has 0 unspecified atom stereocenters. The molecule has 2 heterocycles. The average Bonchev–Trinajstić information content (AvgIpc) is 2.87. The standard InChI is InChI=1S/C13H23NO2S2/c1-11-10-14(7-8-16-11)13(15)5-3-2-4-12-6-9-17-18-12/h11-12H,2-10H2,1H3/t11-,12+/m1/s1. The van der Waals surface area contributed by atoms with Crippen LogP contribution in [0.3, 0.4) is 0 Å². The molecule has 2 fully saturated rings. The SMILES string of the molecule is C[C@@H]1CN(C(=O)CCCC[C@H]2CCSS2)CCO1. The molecule has 5 heteroatoms. The monoisotopic (exact) mass is 289 g/mol. The number of ether oxygens (including phenoxy) is 1. The van der Waals surface area contributed by atoms with E-state index in [1.165, 1.54) is 25.0 Å². The molecule has 3 nitrogen and oxygen atoms in total. The minimum atomic E-state index is 0.203. The summed E-state index contributed by atoms with van der Waals surface area (Å²) in [4.78, 5) is 14.0. The van der Waals surface area contributed by atoms with Gasteiger partial charge < -0.3 is 9.64 Å². The van der Waals surface area contributed by atoms with Gasteiger partial charge in [0.2, 0.25) is 5.91 Å². The summed E-state index contributed by atoms with van der Waals surface area (Å²) in [6.07, 6.45) is 5.80. The van der Waals surface area contributed by atoms with E-state index in [1.807, 2.05) is 33.4 Å². The van der Waals surface area contributed by atoms with Crippen molar-refractivity contribution in [3.05, 3.63) is 0 Å². The van der Waals surface area contributed by atoms with E-state index >= 15 is 0 Å². The Morgan fingerprint density at radius 3 is 3.06 bits per heavy atom. The van der Waals surface area contributed by atoms with Crippen molar-refractivity contribution in [2.75, 3.05) is 25.4 Å². The number of amides is 1. The molecule has 18 heavy (non-hydrogen) atoms. The Morgan fingerprint density at radius 2 is 2.33 bits per heavy atom. The van der Waals surface area contributed by atoms with Crippen LogP contribution in [-0.4, -0.2) is 47.6 Å². The van der Waals surface area contributed by atoms with Gasteiger partial charge in [0.05, 0.1) is 12.7 Å². The number of hydrogen-bond donors (Lipinski definition) is 0. The van der Waals surface area contributed by atoms with Gasteiger partial charge in [-0.25, -0.2) is 0 Å². The minimum absolute atomic E-state index is 0.203. The maximum absolute atomic E-state index is 12.0. The molecule has 2 atom stereocenters. The normalized spacial score (nSPS) is 28.6. The Bertz CT molecular complexity index is 270. The van der Waals surface area contributed by atoms with E-state index in [9.17, 15) is 4.79 Å². The van der Waals surface area contributed by atoms with Crippen LogP contribution in [0.4, 0.5) is 0 Å². The van der Waals surface area contributed by atoms with Gasteiger partial charge in [-0.05, 0) is 26.2 Å². The fraction of sp³-hybridized carbons (Fsp3) is 0.923.